The van der Waals surface area contributed by atoms with Crippen molar-refractivity contribution in [3.05, 3.63) is 85.1 Å². The third-order valence-electron chi connectivity index (χ3n) is 8.90. The summed E-state index contributed by atoms with van der Waals surface area (Å²) in [7, 11) is -4.78. The third kappa shape index (κ3) is 44.0. The first kappa shape index (κ1) is 53.2. The minimum Gasteiger partial charge on any atom is -0.462 e. The van der Waals surface area contributed by atoms with Gasteiger partial charge in [0.15, 0.2) is 6.10 Å². The largest absolute Gasteiger partial charge is 0.469 e. The standard InChI is InChI=1S/C47H79O8P/c1-3-5-7-9-11-13-15-17-19-21-23-25-27-29-31-33-35-37-39-41-46(48)53-43-45(44-54-56(50,51)52)55-47(49)42-40-38-36-34-32-30-28-26-24-22-20-18-16-14-12-10-8-6-4-2/h11-14,17-20,23,25,29,31,35,37,45H,3-10,15-16,21-22,24,26-28,30,32-34,36,38-44H2,1-2H3,(H2,50,51,52)/b13-11-,14-12-,19-17-,20-18-,25-23-,31-29-,37-35-/t45-/m1/s1. The van der Waals surface area contributed by atoms with E-state index in [-0.39, 0.29) is 19.4 Å². The number of allylic oxidation sites excluding steroid dienone is 14. The minimum absolute atomic E-state index is 0.139. The Kier molecular flexibility index (Phi) is 39.8. The highest BCUT2D eigenvalue weighted by Gasteiger charge is 2.22. The fraction of sp³-hybridized carbons (Fsp3) is 0.660. The molecule has 0 saturated carbocycles. The van der Waals surface area contributed by atoms with Crippen molar-refractivity contribution in [3.63, 3.8) is 0 Å². The molecule has 320 valence electrons. The molecule has 0 saturated heterocycles. The van der Waals surface area contributed by atoms with Gasteiger partial charge in [-0.05, 0) is 83.5 Å². The van der Waals surface area contributed by atoms with Gasteiger partial charge in [-0.25, -0.2) is 4.57 Å². The first-order valence-electron chi connectivity index (χ1n) is 21.9. The van der Waals surface area contributed by atoms with Crippen molar-refractivity contribution in [1.82, 2.24) is 0 Å². The maximum Gasteiger partial charge on any atom is 0.469 e. The molecule has 0 rings (SSSR count). The van der Waals surface area contributed by atoms with Gasteiger partial charge in [0, 0.05) is 12.8 Å². The molecule has 0 fully saturated rings. The molecule has 0 aliphatic rings. The molecular formula is C47H79O8P. The topological polar surface area (TPSA) is 119 Å². The number of esters is 2. The quantitative estimate of drug-likeness (QED) is 0.0273. The average Bonchev–Trinajstić information content (AvgIpc) is 3.17. The lowest BCUT2D eigenvalue weighted by atomic mass is 10.1. The van der Waals surface area contributed by atoms with Crippen LogP contribution in [-0.4, -0.2) is 41.0 Å². The second-order valence-electron chi connectivity index (χ2n) is 14.3. The van der Waals surface area contributed by atoms with Gasteiger partial charge in [0.05, 0.1) is 6.61 Å². The summed E-state index contributed by atoms with van der Waals surface area (Å²) in [6.07, 6.45) is 56.0. The molecule has 0 amide bonds. The molecular weight excluding hydrogens is 723 g/mol. The molecule has 0 bridgehead atoms. The van der Waals surface area contributed by atoms with Crippen molar-refractivity contribution in [2.24, 2.45) is 0 Å². The molecule has 1 atom stereocenters. The normalized spacial score (nSPS) is 13.3. The summed E-state index contributed by atoms with van der Waals surface area (Å²) in [4.78, 5) is 42.9. The molecule has 8 nitrogen and oxygen atoms in total. The highest BCUT2D eigenvalue weighted by Crippen LogP contribution is 2.36. The lowest BCUT2D eigenvalue weighted by Crippen LogP contribution is -2.29. The number of carbonyl (C=O) groups excluding carboxylic acids is 2. The first-order valence-corrected chi connectivity index (χ1v) is 23.4. The van der Waals surface area contributed by atoms with E-state index in [1.807, 2.05) is 12.2 Å². The van der Waals surface area contributed by atoms with E-state index in [0.717, 1.165) is 57.8 Å². The van der Waals surface area contributed by atoms with Crippen molar-refractivity contribution in [3.8, 4) is 0 Å². The third-order valence-corrected chi connectivity index (χ3v) is 9.39. The van der Waals surface area contributed by atoms with Crippen LogP contribution in [0.3, 0.4) is 0 Å². The monoisotopic (exact) mass is 803 g/mol. The fourth-order valence-electron chi connectivity index (χ4n) is 5.62. The predicted molar refractivity (Wildman–Crippen MR) is 234 cm³/mol. The highest BCUT2D eigenvalue weighted by molar-refractivity contribution is 7.46. The van der Waals surface area contributed by atoms with Crippen LogP contribution in [-0.2, 0) is 28.2 Å². The van der Waals surface area contributed by atoms with Crippen LogP contribution in [0.2, 0.25) is 0 Å². The molecule has 56 heavy (non-hydrogen) atoms. The zero-order valence-electron chi connectivity index (χ0n) is 35.3. The summed E-state index contributed by atoms with van der Waals surface area (Å²) in [6, 6.07) is 0. The number of rotatable bonds is 39. The summed E-state index contributed by atoms with van der Waals surface area (Å²) < 4.78 is 26.3. The van der Waals surface area contributed by atoms with Gasteiger partial charge in [-0.15, -0.1) is 0 Å². The molecule has 0 heterocycles. The Hall–Kier alpha value is -2.77. The van der Waals surface area contributed by atoms with Crippen LogP contribution in [0.5, 0.6) is 0 Å². The lowest BCUT2D eigenvalue weighted by Gasteiger charge is -2.18. The lowest BCUT2D eigenvalue weighted by molar-refractivity contribution is -0.161. The van der Waals surface area contributed by atoms with Gasteiger partial charge in [-0.2, -0.15) is 0 Å². The number of phosphoric acid groups is 1. The predicted octanol–water partition coefficient (Wildman–Crippen LogP) is 13.6. The number of hydrogen-bond acceptors (Lipinski definition) is 6. The van der Waals surface area contributed by atoms with Crippen molar-refractivity contribution in [2.45, 2.75) is 187 Å². The highest BCUT2D eigenvalue weighted by atomic mass is 31.2. The molecule has 0 unspecified atom stereocenters. The number of ether oxygens (including phenoxy) is 2. The summed E-state index contributed by atoms with van der Waals surface area (Å²) in [5.41, 5.74) is 0. The van der Waals surface area contributed by atoms with E-state index in [9.17, 15) is 14.2 Å². The molecule has 0 aliphatic carbocycles. The summed E-state index contributed by atoms with van der Waals surface area (Å²) in [6.45, 7) is 3.56. The zero-order valence-corrected chi connectivity index (χ0v) is 36.1. The molecule has 0 spiro atoms. The molecule has 0 aromatic heterocycles. The Morgan fingerprint density at radius 1 is 0.464 bits per heavy atom. The van der Waals surface area contributed by atoms with Crippen LogP contribution in [0.1, 0.15) is 181 Å². The number of unbranched alkanes of at least 4 members (excludes halogenated alkanes) is 15. The summed E-state index contributed by atoms with van der Waals surface area (Å²) in [5, 5.41) is 0. The van der Waals surface area contributed by atoms with Gasteiger partial charge in [-0.3, -0.25) is 14.1 Å². The second kappa shape index (κ2) is 41.9. The Morgan fingerprint density at radius 2 is 0.839 bits per heavy atom. The van der Waals surface area contributed by atoms with Crippen LogP contribution in [0.25, 0.3) is 0 Å². The second-order valence-corrected chi connectivity index (χ2v) is 15.5. The van der Waals surface area contributed by atoms with E-state index < -0.39 is 32.5 Å². The molecule has 0 aromatic carbocycles. The van der Waals surface area contributed by atoms with Crippen molar-refractivity contribution in [2.75, 3.05) is 13.2 Å². The van der Waals surface area contributed by atoms with Crippen LogP contribution in [0.4, 0.5) is 0 Å². The Labute approximate surface area is 342 Å². The first-order chi connectivity index (χ1) is 27.3. The summed E-state index contributed by atoms with van der Waals surface area (Å²) in [5.74, 6) is -0.991. The Bertz CT molecular complexity index is 1180. The van der Waals surface area contributed by atoms with E-state index >= 15 is 0 Å². The Morgan fingerprint density at radius 3 is 1.27 bits per heavy atom. The Balaban J connectivity index is 4.04. The maximum absolute atomic E-state index is 12.4. The summed E-state index contributed by atoms with van der Waals surface area (Å²) >= 11 is 0. The van der Waals surface area contributed by atoms with Gasteiger partial charge in [0.25, 0.3) is 0 Å². The molecule has 0 aliphatic heterocycles. The number of carbonyl (C=O) groups is 2. The van der Waals surface area contributed by atoms with Crippen LogP contribution in [0.15, 0.2) is 85.1 Å². The van der Waals surface area contributed by atoms with Crippen molar-refractivity contribution < 1.29 is 37.9 Å². The van der Waals surface area contributed by atoms with E-state index in [4.69, 9.17) is 19.3 Å². The van der Waals surface area contributed by atoms with Gasteiger partial charge >= 0.3 is 19.8 Å². The fourth-order valence-corrected chi connectivity index (χ4v) is 5.98. The van der Waals surface area contributed by atoms with Gasteiger partial charge in [0.2, 0.25) is 0 Å². The molecule has 0 radical (unpaired) electrons. The van der Waals surface area contributed by atoms with Crippen LogP contribution >= 0.6 is 7.82 Å². The minimum atomic E-state index is -4.78. The SMILES string of the molecule is CCCCC/C=C\C/C=C\C/C=C\C/C=C\C/C=C\CCC(=O)OC[C@H](COP(=O)(O)O)OC(=O)CCCCCCCCCCC/C=C\C/C=C\CCCCC. The van der Waals surface area contributed by atoms with Gasteiger partial charge < -0.3 is 19.3 Å². The molecule has 2 N–H and O–H groups in total. The average molecular weight is 803 g/mol. The van der Waals surface area contributed by atoms with Crippen LogP contribution < -0.4 is 0 Å². The molecule has 9 heteroatoms. The number of hydrogen-bond donors (Lipinski definition) is 2. The zero-order chi connectivity index (χ0) is 41.1. The van der Waals surface area contributed by atoms with E-state index in [1.54, 1.807) is 0 Å². The van der Waals surface area contributed by atoms with E-state index in [1.165, 1.54) is 83.5 Å². The van der Waals surface area contributed by atoms with E-state index in [0.29, 0.717) is 12.8 Å². The molecule has 0 aromatic rings. The maximum atomic E-state index is 12.4. The van der Waals surface area contributed by atoms with Crippen molar-refractivity contribution in [1.29, 1.82) is 0 Å². The smallest absolute Gasteiger partial charge is 0.462 e. The van der Waals surface area contributed by atoms with Gasteiger partial charge in [-0.1, -0.05) is 170 Å². The van der Waals surface area contributed by atoms with E-state index in [2.05, 4.69) is 91.3 Å². The van der Waals surface area contributed by atoms with Gasteiger partial charge in [0.1, 0.15) is 6.61 Å². The number of phosphoric ester groups is 1. The van der Waals surface area contributed by atoms with Crippen molar-refractivity contribution >= 4 is 19.8 Å². The van der Waals surface area contributed by atoms with Crippen LogP contribution in [0, 0.1) is 0 Å².